The van der Waals surface area contributed by atoms with Gasteiger partial charge in [0.25, 0.3) is 5.91 Å². The SMILES string of the molecule is CCCNc1cccc(C(=O)NCc2ncc(CC)s2)n1. The maximum Gasteiger partial charge on any atom is 0.270 e. The van der Waals surface area contributed by atoms with Crippen molar-refractivity contribution in [1.82, 2.24) is 15.3 Å². The lowest BCUT2D eigenvalue weighted by molar-refractivity contribution is 0.0946. The third kappa shape index (κ3) is 4.53. The van der Waals surface area contributed by atoms with Crippen molar-refractivity contribution in [2.24, 2.45) is 0 Å². The third-order valence-corrected chi connectivity index (χ3v) is 4.03. The normalized spacial score (nSPS) is 10.4. The average molecular weight is 304 g/mol. The number of aryl methyl sites for hydroxylation is 1. The first-order valence-electron chi connectivity index (χ1n) is 7.15. The van der Waals surface area contributed by atoms with E-state index in [1.165, 1.54) is 4.88 Å². The molecule has 0 aliphatic rings. The van der Waals surface area contributed by atoms with E-state index in [0.717, 1.165) is 30.2 Å². The summed E-state index contributed by atoms with van der Waals surface area (Å²) in [4.78, 5) is 21.9. The molecule has 5 nitrogen and oxygen atoms in total. The van der Waals surface area contributed by atoms with Crippen molar-refractivity contribution in [3.05, 3.63) is 40.0 Å². The summed E-state index contributed by atoms with van der Waals surface area (Å²) in [5.41, 5.74) is 0.420. The molecule has 0 aliphatic carbocycles. The molecule has 21 heavy (non-hydrogen) atoms. The lowest BCUT2D eigenvalue weighted by atomic mass is 10.3. The first kappa shape index (κ1) is 15.4. The number of carbonyl (C=O) groups is 1. The van der Waals surface area contributed by atoms with Gasteiger partial charge in [-0.2, -0.15) is 0 Å². The summed E-state index contributed by atoms with van der Waals surface area (Å²) < 4.78 is 0. The van der Waals surface area contributed by atoms with Crippen LogP contribution in [-0.2, 0) is 13.0 Å². The number of hydrogen-bond donors (Lipinski definition) is 2. The smallest absolute Gasteiger partial charge is 0.270 e. The fourth-order valence-corrected chi connectivity index (χ4v) is 2.55. The molecule has 0 radical (unpaired) electrons. The molecule has 2 aromatic heterocycles. The van der Waals surface area contributed by atoms with E-state index in [1.807, 2.05) is 18.3 Å². The van der Waals surface area contributed by atoms with E-state index >= 15 is 0 Å². The molecule has 0 aliphatic heterocycles. The molecule has 1 amide bonds. The highest BCUT2D eigenvalue weighted by Gasteiger charge is 2.09. The molecule has 0 bridgehead atoms. The number of carbonyl (C=O) groups excluding carboxylic acids is 1. The van der Waals surface area contributed by atoms with Gasteiger partial charge in [0, 0.05) is 17.6 Å². The van der Waals surface area contributed by atoms with Crippen LogP contribution in [0.1, 0.15) is 40.6 Å². The summed E-state index contributed by atoms with van der Waals surface area (Å²) in [7, 11) is 0. The van der Waals surface area contributed by atoms with Gasteiger partial charge in [-0.3, -0.25) is 4.79 Å². The molecule has 0 saturated heterocycles. The second-order valence-electron chi connectivity index (χ2n) is 4.59. The van der Waals surface area contributed by atoms with E-state index in [4.69, 9.17) is 0 Å². The van der Waals surface area contributed by atoms with Gasteiger partial charge in [0.15, 0.2) is 0 Å². The second kappa shape index (κ2) is 7.73. The van der Waals surface area contributed by atoms with Crippen LogP contribution in [0.3, 0.4) is 0 Å². The number of nitrogens with zero attached hydrogens (tertiary/aromatic N) is 2. The number of pyridine rings is 1. The lowest BCUT2D eigenvalue weighted by Crippen LogP contribution is -2.24. The molecule has 112 valence electrons. The standard InChI is InChI=1S/C15H20N4OS/c1-3-8-16-13-7-5-6-12(19-13)15(20)18-10-14-17-9-11(4-2)21-14/h5-7,9H,3-4,8,10H2,1-2H3,(H,16,19)(H,18,20). The Morgan fingerprint density at radius 1 is 1.33 bits per heavy atom. The molecule has 0 fully saturated rings. The van der Waals surface area contributed by atoms with E-state index in [-0.39, 0.29) is 5.91 Å². The van der Waals surface area contributed by atoms with Gasteiger partial charge in [0.1, 0.15) is 16.5 Å². The molecule has 0 unspecified atom stereocenters. The number of hydrogen-bond acceptors (Lipinski definition) is 5. The van der Waals surface area contributed by atoms with Crippen molar-refractivity contribution >= 4 is 23.1 Å². The summed E-state index contributed by atoms with van der Waals surface area (Å²) in [6, 6.07) is 5.41. The van der Waals surface area contributed by atoms with Gasteiger partial charge >= 0.3 is 0 Å². The lowest BCUT2D eigenvalue weighted by Gasteiger charge is -2.06. The van der Waals surface area contributed by atoms with Crippen molar-refractivity contribution in [3.63, 3.8) is 0 Å². The maximum atomic E-state index is 12.1. The van der Waals surface area contributed by atoms with Crippen LogP contribution in [0.5, 0.6) is 0 Å². The Bertz CT molecular complexity index is 597. The number of anilines is 1. The van der Waals surface area contributed by atoms with Crippen LogP contribution >= 0.6 is 11.3 Å². The minimum absolute atomic E-state index is 0.177. The number of nitrogens with one attached hydrogen (secondary N) is 2. The highest BCUT2D eigenvalue weighted by molar-refractivity contribution is 7.11. The van der Waals surface area contributed by atoms with Crippen LogP contribution in [0.2, 0.25) is 0 Å². The van der Waals surface area contributed by atoms with Gasteiger partial charge in [-0.1, -0.05) is 19.9 Å². The zero-order valence-corrected chi connectivity index (χ0v) is 13.2. The second-order valence-corrected chi connectivity index (χ2v) is 5.79. The third-order valence-electron chi connectivity index (χ3n) is 2.89. The van der Waals surface area contributed by atoms with Crippen molar-refractivity contribution in [2.45, 2.75) is 33.2 Å². The number of thiazole rings is 1. The van der Waals surface area contributed by atoms with Gasteiger partial charge in [0.2, 0.25) is 0 Å². The van der Waals surface area contributed by atoms with E-state index < -0.39 is 0 Å². The van der Waals surface area contributed by atoms with Crippen LogP contribution in [-0.4, -0.2) is 22.4 Å². The largest absolute Gasteiger partial charge is 0.370 e. The first-order chi connectivity index (χ1) is 10.2. The molecule has 0 aromatic carbocycles. The Balaban J connectivity index is 1.93. The van der Waals surface area contributed by atoms with Gasteiger partial charge in [-0.25, -0.2) is 9.97 Å². The van der Waals surface area contributed by atoms with Crippen LogP contribution < -0.4 is 10.6 Å². The fourth-order valence-electron chi connectivity index (χ4n) is 1.75. The Kier molecular flexibility index (Phi) is 5.68. The highest BCUT2D eigenvalue weighted by Crippen LogP contribution is 2.13. The topological polar surface area (TPSA) is 66.9 Å². The summed E-state index contributed by atoms with van der Waals surface area (Å²) >= 11 is 1.63. The molecule has 2 rings (SSSR count). The molecular weight excluding hydrogens is 284 g/mol. The maximum absolute atomic E-state index is 12.1. The zero-order chi connectivity index (χ0) is 15.1. The van der Waals surface area contributed by atoms with E-state index in [9.17, 15) is 4.79 Å². The summed E-state index contributed by atoms with van der Waals surface area (Å²) in [6.45, 7) is 5.46. The molecule has 2 N–H and O–H groups in total. The van der Waals surface area contributed by atoms with Crippen molar-refractivity contribution in [1.29, 1.82) is 0 Å². The Labute approximate surface area is 128 Å². The first-order valence-corrected chi connectivity index (χ1v) is 7.97. The van der Waals surface area contributed by atoms with Crippen LogP contribution in [0.25, 0.3) is 0 Å². The predicted molar refractivity (Wildman–Crippen MR) is 85.7 cm³/mol. The molecule has 2 heterocycles. The van der Waals surface area contributed by atoms with E-state index in [2.05, 4.69) is 34.4 Å². The Morgan fingerprint density at radius 2 is 2.19 bits per heavy atom. The van der Waals surface area contributed by atoms with Gasteiger partial charge in [-0.05, 0) is 25.0 Å². The number of amides is 1. The van der Waals surface area contributed by atoms with Gasteiger partial charge in [-0.15, -0.1) is 11.3 Å². The summed E-state index contributed by atoms with van der Waals surface area (Å²) in [5, 5.41) is 6.94. The number of rotatable bonds is 7. The van der Waals surface area contributed by atoms with Crippen LogP contribution in [0.15, 0.2) is 24.4 Å². The molecule has 2 aromatic rings. The number of aromatic nitrogens is 2. The molecule has 0 atom stereocenters. The monoisotopic (exact) mass is 304 g/mol. The van der Waals surface area contributed by atoms with Crippen molar-refractivity contribution in [3.8, 4) is 0 Å². The fraction of sp³-hybridized carbons (Fsp3) is 0.400. The van der Waals surface area contributed by atoms with Gasteiger partial charge < -0.3 is 10.6 Å². The van der Waals surface area contributed by atoms with E-state index in [1.54, 1.807) is 17.4 Å². The molecule has 6 heteroatoms. The quantitative estimate of drug-likeness (QED) is 0.825. The minimum atomic E-state index is -0.177. The Hall–Kier alpha value is -1.95. The van der Waals surface area contributed by atoms with E-state index in [0.29, 0.717) is 12.2 Å². The van der Waals surface area contributed by atoms with Gasteiger partial charge in [0.05, 0.1) is 6.54 Å². The molecule has 0 saturated carbocycles. The van der Waals surface area contributed by atoms with Crippen molar-refractivity contribution in [2.75, 3.05) is 11.9 Å². The molecule has 0 spiro atoms. The molecular formula is C15H20N4OS. The van der Waals surface area contributed by atoms with Crippen LogP contribution in [0, 0.1) is 0 Å². The Morgan fingerprint density at radius 3 is 2.90 bits per heavy atom. The minimum Gasteiger partial charge on any atom is -0.370 e. The van der Waals surface area contributed by atoms with Crippen LogP contribution in [0.4, 0.5) is 5.82 Å². The zero-order valence-electron chi connectivity index (χ0n) is 12.3. The predicted octanol–water partition coefficient (Wildman–Crippen LogP) is 2.85. The van der Waals surface area contributed by atoms with Crippen molar-refractivity contribution < 1.29 is 4.79 Å². The summed E-state index contributed by atoms with van der Waals surface area (Å²) in [5.74, 6) is 0.551. The average Bonchev–Trinajstić information content (AvgIpc) is 2.99. The highest BCUT2D eigenvalue weighted by atomic mass is 32.1. The summed E-state index contributed by atoms with van der Waals surface area (Å²) in [6.07, 6.45) is 3.85.